The molecule has 0 spiro atoms. The van der Waals surface area contributed by atoms with Crippen molar-refractivity contribution in [2.24, 2.45) is 0 Å². The van der Waals surface area contributed by atoms with Crippen molar-refractivity contribution < 1.29 is 19.0 Å². The Hall–Kier alpha value is -4.30. The van der Waals surface area contributed by atoms with Crippen LogP contribution < -0.4 is 14.2 Å². The molecule has 0 bridgehead atoms. The van der Waals surface area contributed by atoms with E-state index in [1.807, 2.05) is 36.4 Å². The summed E-state index contributed by atoms with van der Waals surface area (Å²) in [6.07, 6.45) is 4.79. The van der Waals surface area contributed by atoms with Crippen molar-refractivity contribution in [3.63, 3.8) is 0 Å². The minimum atomic E-state index is -0.481. The highest BCUT2D eigenvalue weighted by Gasteiger charge is 2.09. The first-order valence-electron chi connectivity index (χ1n) is 9.52. The number of esters is 1. The van der Waals surface area contributed by atoms with Gasteiger partial charge in [-0.2, -0.15) is 5.26 Å². The third-order valence-electron chi connectivity index (χ3n) is 4.41. The van der Waals surface area contributed by atoms with Gasteiger partial charge in [-0.1, -0.05) is 42.5 Å². The van der Waals surface area contributed by atoms with Crippen LogP contribution in [0.15, 0.2) is 78.9 Å². The average Bonchev–Trinajstić information content (AvgIpc) is 2.81. The van der Waals surface area contributed by atoms with E-state index in [9.17, 15) is 10.1 Å². The quantitative estimate of drug-likeness (QED) is 0.171. The average molecular weight is 411 g/mol. The molecule has 0 N–H and O–H groups in total. The number of ether oxygens (including phenoxy) is 3. The first kappa shape index (κ1) is 21.4. The second kappa shape index (κ2) is 10.5. The number of carbonyl (C=O) groups excluding carboxylic acids is 1. The Bertz CT molecular complexity index is 1160. The van der Waals surface area contributed by atoms with E-state index in [1.54, 1.807) is 62.8 Å². The van der Waals surface area contributed by atoms with Crippen LogP contribution in [0.1, 0.15) is 16.7 Å². The lowest BCUT2D eigenvalue weighted by atomic mass is 10.0. The molecule has 5 nitrogen and oxygen atoms in total. The SMILES string of the molecule is COc1ccc(/C(C#N)=C\c2cccc(OC(=O)/C=C/c3ccccc3)c2)cc1OC. The summed E-state index contributed by atoms with van der Waals surface area (Å²) in [6, 6.07) is 23.9. The zero-order valence-electron chi connectivity index (χ0n) is 17.2. The van der Waals surface area contributed by atoms with Crippen LogP contribution in [0.2, 0.25) is 0 Å². The monoisotopic (exact) mass is 411 g/mol. The maximum absolute atomic E-state index is 12.1. The van der Waals surface area contributed by atoms with Crippen LogP contribution in [0.4, 0.5) is 0 Å². The Morgan fingerprint density at radius 2 is 1.61 bits per heavy atom. The van der Waals surface area contributed by atoms with Gasteiger partial charge >= 0.3 is 5.97 Å². The molecule has 154 valence electrons. The topological polar surface area (TPSA) is 68.5 Å². The lowest BCUT2D eigenvalue weighted by molar-refractivity contribution is -0.128. The summed E-state index contributed by atoms with van der Waals surface area (Å²) in [6.45, 7) is 0. The Morgan fingerprint density at radius 1 is 0.871 bits per heavy atom. The standard InChI is InChI=1S/C26H21NO4/c1-29-24-13-12-21(17-25(24)30-2)22(18-27)15-20-9-6-10-23(16-20)31-26(28)14-11-19-7-4-3-5-8-19/h3-17H,1-2H3/b14-11+,22-15-. The number of hydrogen-bond acceptors (Lipinski definition) is 5. The molecule has 0 heterocycles. The molecule has 0 aliphatic rings. The van der Waals surface area contributed by atoms with Gasteiger partial charge in [-0.05, 0) is 59.2 Å². The van der Waals surface area contributed by atoms with Gasteiger partial charge in [-0.25, -0.2) is 4.79 Å². The molecule has 5 heteroatoms. The fourth-order valence-corrected chi connectivity index (χ4v) is 2.90. The maximum atomic E-state index is 12.1. The number of nitrogens with zero attached hydrogens (tertiary/aromatic N) is 1. The molecule has 0 saturated heterocycles. The van der Waals surface area contributed by atoms with Crippen LogP contribution in [0, 0.1) is 11.3 Å². The van der Waals surface area contributed by atoms with Crippen molar-refractivity contribution in [3.8, 4) is 23.3 Å². The van der Waals surface area contributed by atoms with Gasteiger partial charge in [0.1, 0.15) is 5.75 Å². The molecule has 0 fully saturated rings. The Morgan fingerprint density at radius 3 is 2.32 bits per heavy atom. The Balaban J connectivity index is 1.78. The molecule has 3 aromatic carbocycles. The Labute approximate surface area is 181 Å². The van der Waals surface area contributed by atoms with Crippen molar-refractivity contribution in [1.82, 2.24) is 0 Å². The molecule has 3 rings (SSSR count). The van der Waals surface area contributed by atoms with Crippen LogP contribution in [-0.4, -0.2) is 20.2 Å². The summed E-state index contributed by atoms with van der Waals surface area (Å²) in [7, 11) is 3.10. The van der Waals surface area contributed by atoms with Crippen LogP contribution in [0.25, 0.3) is 17.7 Å². The van der Waals surface area contributed by atoms with Gasteiger partial charge in [0.25, 0.3) is 0 Å². The van der Waals surface area contributed by atoms with Crippen LogP contribution in [-0.2, 0) is 4.79 Å². The second-order valence-electron chi connectivity index (χ2n) is 6.48. The summed E-state index contributed by atoms with van der Waals surface area (Å²) in [5.41, 5.74) is 2.76. The summed E-state index contributed by atoms with van der Waals surface area (Å²) in [4.78, 5) is 12.1. The second-order valence-corrected chi connectivity index (χ2v) is 6.48. The number of methoxy groups -OCH3 is 2. The predicted molar refractivity (Wildman–Crippen MR) is 121 cm³/mol. The normalized spacial score (nSPS) is 11.1. The number of benzene rings is 3. The van der Waals surface area contributed by atoms with E-state index >= 15 is 0 Å². The first-order chi connectivity index (χ1) is 15.1. The smallest absolute Gasteiger partial charge is 0.336 e. The lowest BCUT2D eigenvalue weighted by Crippen LogP contribution is -2.03. The van der Waals surface area contributed by atoms with Crippen molar-refractivity contribution in [2.45, 2.75) is 0 Å². The highest BCUT2D eigenvalue weighted by atomic mass is 16.5. The molecule has 31 heavy (non-hydrogen) atoms. The van der Waals surface area contributed by atoms with Crippen molar-refractivity contribution in [1.29, 1.82) is 5.26 Å². The molecule has 0 aliphatic heterocycles. The number of rotatable bonds is 7. The fraction of sp³-hybridized carbons (Fsp3) is 0.0769. The minimum absolute atomic E-state index is 0.390. The number of hydrogen-bond donors (Lipinski definition) is 0. The van der Waals surface area contributed by atoms with Gasteiger partial charge in [0.15, 0.2) is 11.5 Å². The summed E-state index contributed by atoms with van der Waals surface area (Å²) in [5, 5.41) is 9.64. The lowest BCUT2D eigenvalue weighted by Gasteiger charge is -2.09. The van der Waals surface area contributed by atoms with Crippen LogP contribution >= 0.6 is 0 Å². The third kappa shape index (κ3) is 5.84. The molecule has 0 radical (unpaired) electrons. The molecule has 0 aliphatic carbocycles. The summed E-state index contributed by atoms with van der Waals surface area (Å²) in [5.74, 6) is 1.03. The predicted octanol–water partition coefficient (Wildman–Crippen LogP) is 5.39. The van der Waals surface area contributed by atoms with E-state index in [0.717, 1.165) is 11.1 Å². The number of carbonyl (C=O) groups is 1. The first-order valence-corrected chi connectivity index (χ1v) is 9.52. The molecule has 0 aromatic heterocycles. The molecule has 0 amide bonds. The highest BCUT2D eigenvalue weighted by molar-refractivity contribution is 5.91. The van der Waals surface area contributed by atoms with Crippen LogP contribution in [0.5, 0.6) is 17.2 Å². The van der Waals surface area contributed by atoms with E-state index in [0.29, 0.717) is 28.4 Å². The molecule has 3 aromatic rings. The number of nitriles is 1. The van der Waals surface area contributed by atoms with Crippen molar-refractivity contribution >= 4 is 23.7 Å². The minimum Gasteiger partial charge on any atom is -0.493 e. The zero-order chi connectivity index (χ0) is 22.1. The van der Waals surface area contributed by atoms with E-state index in [4.69, 9.17) is 14.2 Å². The largest absolute Gasteiger partial charge is 0.493 e. The summed E-state index contributed by atoms with van der Waals surface area (Å²) >= 11 is 0. The van der Waals surface area contributed by atoms with Gasteiger partial charge in [-0.15, -0.1) is 0 Å². The van der Waals surface area contributed by atoms with E-state index in [1.165, 1.54) is 6.08 Å². The van der Waals surface area contributed by atoms with Gasteiger partial charge in [-0.3, -0.25) is 0 Å². The van der Waals surface area contributed by atoms with E-state index in [2.05, 4.69) is 6.07 Å². The van der Waals surface area contributed by atoms with Crippen molar-refractivity contribution in [2.75, 3.05) is 14.2 Å². The van der Waals surface area contributed by atoms with E-state index < -0.39 is 5.97 Å². The van der Waals surface area contributed by atoms with E-state index in [-0.39, 0.29) is 0 Å². The maximum Gasteiger partial charge on any atom is 0.336 e. The van der Waals surface area contributed by atoms with Crippen molar-refractivity contribution in [3.05, 3.63) is 95.6 Å². The third-order valence-corrected chi connectivity index (χ3v) is 4.41. The number of allylic oxidation sites excluding steroid dienone is 1. The van der Waals surface area contributed by atoms with Gasteiger partial charge in [0.2, 0.25) is 0 Å². The summed E-state index contributed by atoms with van der Waals surface area (Å²) < 4.78 is 15.9. The molecule has 0 unspecified atom stereocenters. The van der Waals surface area contributed by atoms with Crippen LogP contribution in [0.3, 0.4) is 0 Å². The zero-order valence-corrected chi connectivity index (χ0v) is 17.2. The highest BCUT2D eigenvalue weighted by Crippen LogP contribution is 2.31. The Kier molecular flexibility index (Phi) is 7.23. The molecular weight excluding hydrogens is 390 g/mol. The molecule has 0 saturated carbocycles. The molecule has 0 atom stereocenters. The fourth-order valence-electron chi connectivity index (χ4n) is 2.90. The van der Waals surface area contributed by atoms with Gasteiger partial charge < -0.3 is 14.2 Å². The van der Waals surface area contributed by atoms with Gasteiger partial charge in [0, 0.05) is 6.08 Å². The van der Waals surface area contributed by atoms with Gasteiger partial charge in [0.05, 0.1) is 25.9 Å². The molecular formula is C26H21NO4.